The molecular weight excluding hydrogens is 190 g/mol. The summed E-state index contributed by atoms with van der Waals surface area (Å²) < 4.78 is 10.7. The summed E-state index contributed by atoms with van der Waals surface area (Å²) >= 11 is 0. The average molecular weight is 207 g/mol. The highest BCUT2D eigenvalue weighted by molar-refractivity contribution is 5.58. The molecule has 82 valence electrons. The summed E-state index contributed by atoms with van der Waals surface area (Å²) in [5, 5.41) is 3.44. The monoisotopic (exact) mass is 207 g/mol. The zero-order valence-corrected chi connectivity index (χ0v) is 9.41. The summed E-state index contributed by atoms with van der Waals surface area (Å²) in [5.74, 6) is 0.880. The van der Waals surface area contributed by atoms with Crippen molar-refractivity contribution in [2.75, 3.05) is 19.5 Å². The van der Waals surface area contributed by atoms with Gasteiger partial charge in [0.25, 0.3) is 0 Å². The number of methoxy groups -OCH3 is 2. The molecule has 2 rings (SSSR count). The van der Waals surface area contributed by atoms with Crippen molar-refractivity contribution in [3.63, 3.8) is 0 Å². The first-order valence-corrected chi connectivity index (χ1v) is 5.22. The van der Waals surface area contributed by atoms with Gasteiger partial charge in [0.15, 0.2) is 0 Å². The van der Waals surface area contributed by atoms with Crippen LogP contribution in [-0.4, -0.2) is 20.3 Å². The number of fused-ring (bicyclic) bond motifs is 1. The molecule has 0 radical (unpaired) electrons. The third-order valence-corrected chi connectivity index (χ3v) is 2.86. The van der Waals surface area contributed by atoms with Gasteiger partial charge in [-0.2, -0.15) is 0 Å². The highest BCUT2D eigenvalue weighted by Gasteiger charge is 2.23. The summed E-state index contributed by atoms with van der Waals surface area (Å²) in [6.45, 7) is 2.16. The Balaban J connectivity index is 2.37. The average Bonchev–Trinajstić information content (AvgIpc) is 2.26. The van der Waals surface area contributed by atoms with E-state index in [0.717, 1.165) is 17.9 Å². The van der Waals surface area contributed by atoms with Crippen LogP contribution in [0.2, 0.25) is 0 Å². The molecule has 0 spiro atoms. The first-order chi connectivity index (χ1) is 7.24. The fourth-order valence-corrected chi connectivity index (χ4v) is 2.06. The second-order valence-electron chi connectivity index (χ2n) is 3.96. The Hall–Kier alpha value is -1.22. The summed E-state index contributed by atoms with van der Waals surface area (Å²) in [6.07, 6.45) is 1.21. The number of benzene rings is 1. The van der Waals surface area contributed by atoms with Crippen molar-refractivity contribution in [3.8, 4) is 5.75 Å². The maximum Gasteiger partial charge on any atom is 0.120 e. The topological polar surface area (TPSA) is 30.5 Å². The fourth-order valence-electron chi connectivity index (χ4n) is 2.06. The first-order valence-electron chi connectivity index (χ1n) is 5.22. The molecule has 0 aliphatic carbocycles. The number of nitrogens with one attached hydrogen (secondary N) is 1. The van der Waals surface area contributed by atoms with Crippen molar-refractivity contribution in [2.45, 2.75) is 25.5 Å². The SMILES string of the molecule is COc1ccc2c(c1)NC(C)CC2OC. The molecule has 0 amide bonds. The fraction of sp³-hybridized carbons (Fsp3) is 0.500. The maximum atomic E-state index is 5.48. The number of hydrogen-bond acceptors (Lipinski definition) is 3. The number of anilines is 1. The molecule has 1 aromatic rings. The standard InChI is InChI=1S/C12H17NO2/c1-8-6-12(15-3)10-5-4-9(14-2)7-11(10)13-8/h4-5,7-8,12-13H,6H2,1-3H3. The molecule has 3 heteroatoms. The molecule has 1 aliphatic heterocycles. The predicted octanol–water partition coefficient (Wildman–Crippen LogP) is 2.59. The van der Waals surface area contributed by atoms with E-state index in [2.05, 4.69) is 18.3 Å². The normalized spacial score (nSPS) is 24.2. The Morgan fingerprint density at radius 3 is 2.80 bits per heavy atom. The molecule has 0 saturated heterocycles. The van der Waals surface area contributed by atoms with E-state index in [4.69, 9.17) is 9.47 Å². The largest absolute Gasteiger partial charge is 0.497 e. The molecule has 0 aromatic heterocycles. The van der Waals surface area contributed by atoms with E-state index < -0.39 is 0 Å². The minimum atomic E-state index is 0.196. The lowest BCUT2D eigenvalue weighted by Gasteiger charge is -2.30. The Kier molecular flexibility index (Phi) is 2.82. The summed E-state index contributed by atoms with van der Waals surface area (Å²) in [5.41, 5.74) is 2.34. The second kappa shape index (κ2) is 4.11. The van der Waals surface area contributed by atoms with Crippen LogP contribution >= 0.6 is 0 Å². The van der Waals surface area contributed by atoms with Gasteiger partial charge in [0, 0.05) is 30.5 Å². The van der Waals surface area contributed by atoms with Gasteiger partial charge >= 0.3 is 0 Å². The smallest absolute Gasteiger partial charge is 0.120 e. The number of hydrogen-bond donors (Lipinski definition) is 1. The molecule has 3 nitrogen and oxygen atoms in total. The van der Waals surface area contributed by atoms with Gasteiger partial charge in [-0.05, 0) is 19.4 Å². The molecule has 2 atom stereocenters. The van der Waals surface area contributed by atoms with Crippen molar-refractivity contribution >= 4 is 5.69 Å². The van der Waals surface area contributed by atoms with E-state index in [1.54, 1.807) is 14.2 Å². The highest BCUT2D eigenvalue weighted by atomic mass is 16.5. The Labute approximate surface area is 90.4 Å². The van der Waals surface area contributed by atoms with Crippen molar-refractivity contribution in [3.05, 3.63) is 23.8 Å². The Morgan fingerprint density at radius 2 is 2.13 bits per heavy atom. The molecule has 0 fully saturated rings. The van der Waals surface area contributed by atoms with E-state index in [0.29, 0.717) is 6.04 Å². The van der Waals surface area contributed by atoms with Crippen LogP contribution in [0.1, 0.15) is 25.0 Å². The highest BCUT2D eigenvalue weighted by Crippen LogP contribution is 2.36. The van der Waals surface area contributed by atoms with Crippen LogP contribution in [0, 0.1) is 0 Å². The quantitative estimate of drug-likeness (QED) is 0.808. The van der Waals surface area contributed by atoms with E-state index in [1.807, 2.05) is 12.1 Å². The van der Waals surface area contributed by atoms with Crippen LogP contribution in [0.5, 0.6) is 5.75 Å². The zero-order valence-electron chi connectivity index (χ0n) is 9.41. The molecule has 0 bridgehead atoms. The Bertz CT molecular complexity index is 351. The molecule has 15 heavy (non-hydrogen) atoms. The molecule has 1 heterocycles. The van der Waals surface area contributed by atoms with Gasteiger partial charge < -0.3 is 14.8 Å². The lowest BCUT2D eigenvalue weighted by molar-refractivity contribution is 0.0894. The van der Waals surface area contributed by atoms with Gasteiger partial charge in [0.1, 0.15) is 5.75 Å². The van der Waals surface area contributed by atoms with E-state index in [-0.39, 0.29) is 6.10 Å². The summed E-state index contributed by atoms with van der Waals surface area (Å²) in [4.78, 5) is 0. The first kappa shape index (κ1) is 10.3. The minimum absolute atomic E-state index is 0.196. The molecule has 0 saturated carbocycles. The van der Waals surface area contributed by atoms with Crippen LogP contribution in [0.25, 0.3) is 0 Å². The van der Waals surface area contributed by atoms with Crippen LogP contribution in [-0.2, 0) is 4.74 Å². The van der Waals surface area contributed by atoms with Crippen LogP contribution in [0.4, 0.5) is 5.69 Å². The van der Waals surface area contributed by atoms with Crippen molar-refractivity contribution in [1.82, 2.24) is 0 Å². The van der Waals surface area contributed by atoms with E-state index in [1.165, 1.54) is 5.56 Å². The lowest BCUT2D eigenvalue weighted by Crippen LogP contribution is -2.26. The third kappa shape index (κ3) is 1.92. The molecule has 1 aromatic carbocycles. The van der Waals surface area contributed by atoms with Gasteiger partial charge in [-0.3, -0.25) is 0 Å². The van der Waals surface area contributed by atoms with E-state index in [9.17, 15) is 0 Å². The molecule has 1 N–H and O–H groups in total. The summed E-state index contributed by atoms with van der Waals surface area (Å²) in [7, 11) is 3.44. The van der Waals surface area contributed by atoms with Gasteiger partial charge in [-0.15, -0.1) is 0 Å². The van der Waals surface area contributed by atoms with Gasteiger partial charge in [0.05, 0.1) is 13.2 Å². The lowest BCUT2D eigenvalue weighted by atomic mass is 9.96. The van der Waals surface area contributed by atoms with Crippen LogP contribution < -0.4 is 10.1 Å². The van der Waals surface area contributed by atoms with Gasteiger partial charge in [-0.1, -0.05) is 6.07 Å². The molecular formula is C12H17NO2. The van der Waals surface area contributed by atoms with Crippen LogP contribution in [0.15, 0.2) is 18.2 Å². The van der Waals surface area contributed by atoms with E-state index >= 15 is 0 Å². The zero-order chi connectivity index (χ0) is 10.8. The van der Waals surface area contributed by atoms with Crippen molar-refractivity contribution in [1.29, 1.82) is 0 Å². The van der Waals surface area contributed by atoms with Gasteiger partial charge in [0.2, 0.25) is 0 Å². The van der Waals surface area contributed by atoms with Crippen LogP contribution in [0.3, 0.4) is 0 Å². The maximum absolute atomic E-state index is 5.48. The van der Waals surface area contributed by atoms with Crippen molar-refractivity contribution < 1.29 is 9.47 Å². The summed E-state index contributed by atoms with van der Waals surface area (Å²) in [6, 6.07) is 6.51. The molecule has 1 aliphatic rings. The van der Waals surface area contributed by atoms with Crippen molar-refractivity contribution in [2.24, 2.45) is 0 Å². The second-order valence-corrected chi connectivity index (χ2v) is 3.96. The minimum Gasteiger partial charge on any atom is -0.497 e. The number of rotatable bonds is 2. The molecule has 2 unspecified atom stereocenters. The van der Waals surface area contributed by atoms with Gasteiger partial charge in [-0.25, -0.2) is 0 Å². The third-order valence-electron chi connectivity index (χ3n) is 2.86. The Morgan fingerprint density at radius 1 is 1.33 bits per heavy atom. The predicted molar refractivity (Wildman–Crippen MR) is 60.4 cm³/mol. The number of ether oxygens (including phenoxy) is 2.